The van der Waals surface area contributed by atoms with Crippen molar-refractivity contribution in [2.24, 2.45) is 0 Å². The summed E-state index contributed by atoms with van der Waals surface area (Å²) in [7, 11) is 0. The molecular weight excluding hydrogens is 829 g/mol. The second-order valence-electron chi connectivity index (χ2n) is 17.2. The van der Waals surface area contributed by atoms with E-state index < -0.39 is 43.4 Å². The van der Waals surface area contributed by atoms with Crippen LogP contribution in [0.2, 0.25) is 0 Å². The van der Waals surface area contributed by atoms with Crippen LogP contribution < -0.4 is 0 Å². The van der Waals surface area contributed by atoms with Crippen LogP contribution in [0, 0.1) is 0 Å². The number of allylic oxidation sites excluding steroid dienone is 18. The maximum absolute atomic E-state index is 12.9. The van der Waals surface area contributed by atoms with Crippen LogP contribution in [0.3, 0.4) is 0 Å². The predicted molar refractivity (Wildman–Crippen MR) is 274 cm³/mol. The lowest BCUT2D eigenvalue weighted by molar-refractivity contribution is -0.305. The van der Waals surface area contributed by atoms with Gasteiger partial charge in [-0.1, -0.05) is 187 Å². The lowest BCUT2D eigenvalue weighted by atomic mass is 9.99. The molecule has 1 heterocycles. The van der Waals surface area contributed by atoms with Crippen molar-refractivity contribution >= 4 is 5.97 Å². The summed E-state index contributed by atoms with van der Waals surface area (Å²) < 4.78 is 22.9. The monoisotopic (exact) mass is 923 g/mol. The number of carbonyl (C=O) groups excluding carboxylic acids is 1. The Kier molecular flexibility index (Phi) is 43.3. The summed E-state index contributed by atoms with van der Waals surface area (Å²) in [6, 6.07) is 0. The van der Waals surface area contributed by atoms with E-state index >= 15 is 0 Å². The molecular formula is C57H94O9. The van der Waals surface area contributed by atoms with Gasteiger partial charge in [0.1, 0.15) is 30.5 Å². The van der Waals surface area contributed by atoms with Crippen molar-refractivity contribution in [1.29, 1.82) is 0 Å². The van der Waals surface area contributed by atoms with Crippen LogP contribution in [0.25, 0.3) is 0 Å². The maximum atomic E-state index is 12.9. The van der Waals surface area contributed by atoms with Crippen LogP contribution in [0.1, 0.15) is 181 Å². The predicted octanol–water partition coefficient (Wildman–Crippen LogP) is 12.9. The summed E-state index contributed by atoms with van der Waals surface area (Å²) in [4.78, 5) is 12.9. The van der Waals surface area contributed by atoms with Crippen LogP contribution in [0.5, 0.6) is 0 Å². The van der Waals surface area contributed by atoms with E-state index in [4.69, 9.17) is 18.9 Å². The molecule has 0 aromatic carbocycles. The summed E-state index contributed by atoms with van der Waals surface area (Å²) in [6.07, 6.45) is 59.7. The molecule has 0 saturated carbocycles. The van der Waals surface area contributed by atoms with E-state index in [0.29, 0.717) is 13.0 Å². The maximum Gasteiger partial charge on any atom is 0.306 e. The molecule has 0 spiro atoms. The number of rotatable bonds is 43. The summed E-state index contributed by atoms with van der Waals surface area (Å²) in [6.45, 7) is 4.27. The fourth-order valence-corrected chi connectivity index (χ4v) is 7.21. The average Bonchev–Trinajstić information content (AvgIpc) is 3.32. The number of unbranched alkanes of at least 4 members (excludes halogenated alkanes) is 14. The van der Waals surface area contributed by atoms with Crippen molar-refractivity contribution in [1.82, 2.24) is 0 Å². The number of aliphatic hydroxyl groups excluding tert-OH is 4. The smallest absolute Gasteiger partial charge is 0.306 e. The Balaban J connectivity index is 2.24. The molecule has 9 heteroatoms. The van der Waals surface area contributed by atoms with Gasteiger partial charge < -0.3 is 39.4 Å². The molecule has 6 unspecified atom stereocenters. The number of carbonyl (C=O) groups is 1. The van der Waals surface area contributed by atoms with E-state index in [1.54, 1.807) is 0 Å². The summed E-state index contributed by atoms with van der Waals surface area (Å²) in [5.74, 6) is -0.332. The Bertz CT molecular complexity index is 1370. The zero-order chi connectivity index (χ0) is 47.8. The Hall–Kier alpha value is -3.15. The Morgan fingerprint density at radius 2 is 0.879 bits per heavy atom. The third kappa shape index (κ3) is 36.9. The van der Waals surface area contributed by atoms with Crippen molar-refractivity contribution in [3.05, 3.63) is 109 Å². The Morgan fingerprint density at radius 3 is 1.32 bits per heavy atom. The van der Waals surface area contributed by atoms with Crippen molar-refractivity contribution in [3.63, 3.8) is 0 Å². The molecule has 0 aromatic heterocycles. The normalized spacial score (nSPS) is 20.2. The van der Waals surface area contributed by atoms with Crippen LogP contribution in [0.15, 0.2) is 109 Å². The van der Waals surface area contributed by atoms with Crippen molar-refractivity contribution < 1.29 is 44.2 Å². The highest BCUT2D eigenvalue weighted by Gasteiger charge is 2.44. The van der Waals surface area contributed by atoms with E-state index in [1.807, 2.05) is 0 Å². The quantitative estimate of drug-likeness (QED) is 0.0268. The molecule has 1 fully saturated rings. The van der Waals surface area contributed by atoms with E-state index in [0.717, 1.165) is 116 Å². The molecule has 1 aliphatic rings. The highest BCUT2D eigenvalue weighted by atomic mass is 16.7. The van der Waals surface area contributed by atoms with E-state index in [2.05, 4.69) is 123 Å². The Labute approximate surface area is 402 Å². The van der Waals surface area contributed by atoms with Crippen LogP contribution >= 0.6 is 0 Å². The molecule has 0 aromatic rings. The first-order valence-electron chi connectivity index (χ1n) is 26.0. The van der Waals surface area contributed by atoms with Gasteiger partial charge in [0.05, 0.1) is 19.8 Å². The van der Waals surface area contributed by atoms with E-state index in [9.17, 15) is 25.2 Å². The zero-order valence-electron chi connectivity index (χ0n) is 41.4. The first-order chi connectivity index (χ1) is 32.4. The first kappa shape index (κ1) is 60.9. The van der Waals surface area contributed by atoms with E-state index in [-0.39, 0.29) is 19.2 Å². The molecule has 1 saturated heterocycles. The van der Waals surface area contributed by atoms with Crippen molar-refractivity contribution in [2.45, 2.75) is 218 Å². The number of hydrogen-bond donors (Lipinski definition) is 4. The molecule has 66 heavy (non-hydrogen) atoms. The average molecular weight is 923 g/mol. The fraction of sp³-hybridized carbons (Fsp3) is 0.667. The minimum atomic E-state index is -1.55. The SMILES string of the molecule is CC/C=C\C/C=C\C/C=C\C/C=C\C/C=C\CCCCCCCCOCC(COC1OC(CO)C(O)C(O)C1O)OC(=O)CCCCCCCCCC/C=C\C/C=C\C/C=C\C/C=C\CC. The first-order valence-corrected chi connectivity index (χ1v) is 26.0. The minimum Gasteiger partial charge on any atom is -0.457 e. The van der Waals surface area contributed by atoms with Gasteiger partial charge >= 0.3 is 5.97 Å². The minimum absolute atomic E-state index is 0.124. The van der Waals surface area contributed by atoms with Gasteiger partial charge in [0.2, 0.25) is 0 Å². The van der Waals surface area contributed by atoms with Gasteiger partial charge in [-0.05, 0) is 96.3 Å². The van der Waals surface area contributed by atoms with Crippen molar-refractivity contribution in [2.75, 3.05) is 26.4 Å². The van der Waals surface area contributed by atoms with Crippen LogP contribution in [-0.4, -0.2) is 89.6 Å². The lowest BCUT2D eigenvalue weighted by Gasteiger charge is -2.39. The van der Waals surface area contributed by atoms with Gasteiger partial charge in [-0.15, -0.1) is 0 Å². The largest absolute Gasteiger partial charge is 0.457 e. The topological polar surface area (TPSA) is 135 Å². The van der Waals surface area contributed by atoms with Crippen molar-refractivity contribution in [3.8, 4) is 0 Å². The van der Waals surface area contributed by atoms with Gasteiger partial charge in [-0.3, -0.25) is 4.79 Å². The number of esters is 1. The number of aliphatic hydroxyl groups is 4. The molecule has 0 radical (unpaired) electrons. The molecule has 0 bridgehead atoms. The molecule has 0 aliphatic carbocycles. The molecule has 0 amide bonds. The molecule has 1 rings (SSSR count). The molecule has 9 nitrogen and oxygen atoms in total. The van der Waals surface area contributed by atoms with E-state index in [1.165, 1.54) is 44.9 Å². The standard InChI is InChI=1S/C57H94O9/c1-3-5-7-9-11-13-15-17-19-21-23-25-27-29-31-33-35-37-39-41-43-45-47-63-49-51(50-64-57-56(62)55(61)54(60)52(48-58)66-57)65-53(59)46-44-42-40-38-36-34-32-30-28-26-24-22-20-18-16-14-12-10-8-6-4-2/h5-8,11-14,17-20,23-26,29,31,51-52,54-58,60-62H,3-4,9-10,15-16,21-22,27-28,30,32-50H2,1-2H3/b7-5-,8-6-,13-11-,14-12-,19-17-,20-18-,25-23-,26-24-,31-29-. The molecule has 1 aliphatic heterocycles. The molecule has 376 valence electrons. The zero-order valence-corrected chi connectivity index (χ0v) is 41.4. The number of ether oxygens (including phenoxy) is 4. The second-order valence-corrected chi connectivity index (χ2v) is 17.2. The number of hydrogen-bond acceptors (Lipinski definition) is 9. The van der Waals surface area contributed by atoms with Crippen LogP contribution in [-0.2, 0) is 23.7 Å². The van der Waals surface area contributed by atoms with Gasteiger partial charge in [0.15, 0.2) is 6.29 Å². The summed E-state index contributed by atoms with van der Waals surface area (Å²) in [5, 5.41) is 40.3. The second kappa shape index (κ2) is 46.9. The fourth-order valence-electron chi connectivity index (χ4n) is 7.21. The molecule has 6 atom stereocenters. The highest BCUT2D eigenvalue weighted by molar-refractivity contribution is 5.69. The third-order valence-electron chi connectivity index (χ3n) is 11.2. The van der Waals surface area contributed by atoms with Gasteiger partial charge in [-0.2, -0.15) is 0 Å². The van der Waals surface area contributed by atoms with Gasteiger partial charge in [0.25, 0.3) is 0 Å². The highest BCUT2D eigenvalue weighted by Crippen LogP contribution is 2.22. The van der Waals surface area contributed by atoms with Crippen LogP contribution in [0.4, 0.5) is 0 Å². The summed E-state index contributed by atoms with van der Waals surface area (Å²) in [5.41, 5.74) is 0. The molecule has 4 N–H and O–H groups in total. The lowest BCUT2D eigenvalue weighted by Crippen LogP contribution is -2.59. The third-order valence-corrected chi connectivity index (χ3v) is 11.2. The summed E-state index contributed by atoms with van der Waals surface area (Å²) >= 11 is 0. The van der Waals surface area contributed by atoms with Gasteiger partial charge in [-0.25, -0.2) is 0 Å². The Morgan fingerprint density at radius 1 is 0.485 bits per heavy atom. The van der Waals surface area contributed by atoms with Gasteiger partial charge in [0, 0.05) is 13.0 Å².